The Morgan fingerprint density at radius 1 is 0.972 bits per heavy atom. The predicted octanol–water partition coefficient (Wildman–Crippen LogP) is 4.65. The van der Waals surface area contributed by atoms with Crippen molar-refractivity contribution in [1.82, 2.24) is 9.78 Å². The van der Waals surface area contributed by atoms with Crippen LogP contribution in [0.25, 0.3) is 10.8 Å². The average molecular weight is 495 g/mol. The van der Waals surface area contributed by atoms with Crippen molar-refractivity contribution in [2.75, 3.05) is 5.32 Å². The van der Waals surface area contributed by atoms with Gasteiger partial charge in [0.25, 0.3) is 11.5 Å². The summed E-state index contributed by atoms with van der Waals surface area (Å²) < 4.78 is 45.2. The quantitative estimate of drug-likeness (QED) is 0.394. The Morgan fingerprint density at radius 2 is 1.64 bits per heavy atom. The van der Waals surface area contributed by atoms with Crippen molar-refractivity contribution in [1.29, 1.82) is 0 Å². The third-order valence-corrected chi connectivity index (χ3v) is 5.35. The molecule has 0 saturated heterocycles. The minimum absolute atomic E-state index is 0.0993. The number of esters is 1. The Hall–Kier alpha value is -4.47. The summed E-state index contributed by atoms with van der Waals surface area (Å²) in [5, 5.41) is 7.01. The number of aromatic nitrogens is 2. The zero-order valence-corrected chi connectivity index (χ0v) is 19.0. The van der Waals surface area contributed by atoms with E-state index < -0.39 is 35.3 Å². The third-order valence-electron chi connectivity index (χ3n) is 5.35. The molecule has 7 nitrogen and oxygen atoms in total. The molecule has 1 unspecified atom stereocenters. The van der Waals surface area contributed by atoms with Gasteiger partial charge in [-0.25, -0.2) is 9.48 Å². The first kappa shape index (κ1) is 24.6. The van der Waals surface area contributed by atoms with Crippen molar-refractivity contribution in [3.05, 3.63) is 106 Å². The summed E-state index contributed by atoms with van der Waals surface area (Å²) in [5.74, 6) is -1.79. The fraction of sp³-hybridized carbons (Fsp3) is 0.154. The molecule has 1 amide bonds. The Kier molecular flexibility index (Phi) is 6.86. The van der Waals surface area contributed by atoms with Crippen LogP contribution in [0, 0.1) is 0 Å². The van der Waals surface area contributed by atoms with Crippen LogP contribution >= 0.6 is 0 Å². The van der Waals surface area contributed by atoms with Crippen LogP contribution < -0.4 is 10.9 Å². The zero-order valence-electron chi connectivity index (χ0n) is 19.0. The number of anilines is 1. The van der Waals surface area contributed by atoms with Crippen molar-refractivity contribution >= 4 is 28.3 Å². The van der Waals surface area contributed by atoms with Crippen LogP contribution in [0.15, 0.2) is 83.7 Å². The molecule has 1 heterocycles. The highest BCUT2D eigenvalue weighted by Crippen LogP contribution is 2.30. The van der Waals surface area contributed by atoms with Gasteiger partial charge in [-0.2, -0.15) is 18.3 Å². The molecule has 0 aliphatic heterocycles. The molecule has 1 aromatic heterocycles. The molecule has 0 radical (unpaired) electrons. The van der Waals surface area contributed by atoms with E-state index in [0.29, 0.717) is 0 Å². The minimum Gasteiger partial charge on any atom is -0.448 e. The largest absolute Gasteiger partial charge is 0.448 e. The number of hydrogen-bond acceptors (Lipinski definition) is 5. The maximum absolute atomic E-state index is 13.0. The number of halogens is 3. The topological polar surface area (TPSA) is 90.3 Å². The molecule has 0 aliphatic carbocycles. The van der Waals surface area contributed by atoms with Crippen LogP contribution in [0.1, 0.15) is 28.5 Å². The SMILES string of the molecule is CC(OC(=O)c1nn(Cc2ccccc2)c(=O)c2ccccc12)C(=O)Nc1cccc(C(F)(F)F)c1. The summed E-state index contributed by atoms with van der Waals surface area (Å²) in [5.41, 5.74) is -0.810. The maximum Gasteiger partial charge on any atom is 0.416 e. The number of hydrogen-bond donors (Lipinski definition) is 1. The smallest absolute Gasteiger partial charge is 0.416 e. The molecular weight excluding hydrogens is 475 g/mol. The van der Waals surface area contributed by atoms with E-state index in [1.807, 2.05) is 18.2 Å². The lowest BCUT2D eigenvalue weighted by molar-refractivity contribution is -0.137. The Bertz CT molecular complexity index is 1480. The highest BCUT2D eigenvalue weighted by Gasteiger charge is 2.31. The lowest BCUT2D eigenvalue weighted by Crippen LogP contribution is -2.32. The number of amides is 1. The number of nitrogens with zero attached hydrogens (tertiary/aromatic N) is 2. The van der Waals surface area contributed by atoms with Gasteiger partial charge in [0.1, 0.15) is 0 Å². The van der Waals surface area contributed by atoms with Crippen molar-refractivity contribution in [2.45, 2.75) is 25.7 Å². The molecule has 0 fully saturated rings. The first-order chi connectivity index (χ1) is 17.1. The molecule has 4 rings (SSSR count). The molecular formula is C26H20F3N3O4. The summed E-state index contributed by atoms with van der Waals surface area (Å²) in [6.45, 7) is 1.39. The van der Waals surface area contributed by atoms with E-state index in [4.69, 9.17) is 4.74 Å². The number of ether oxygens (including phenoxy) is 1. The zero-order chi connectivity index (χ0) is 25.9. The van der Waals surface area contributed by atoms with Gasteiger partial charge in [0.05, 0.1) is 17.5 Å². The van der Waals surface area contributed by atoms with Crippen LogP contribution in [0.4, 0.5) is 18.9 Å². The van der Waals surface area contributed by atoms with Gasteiger partial charge in [0.15, 0.2) is 11.8 Å². The fourth-order valence-electron chi connectivity index (χ4n) is 3.54. The molecule has 36 heavy (non-hydrogen) atoms. The van der Waals surface area contributed by atoms with Gasteiger partial charge in [-0.1, -0.05) is 54.6 Å². The second-order valence-corrected chi connectivity index (χ2v) is 7.96. The lowest BCUT2D eigenvalue weighted by Gasteiger charge is -2.16. The van der Waals surface area contributed by atoms with Gasteiger partial charge in [-0.05, 0) is 36.8 Å². The molecule has 0 bridgehead atoms. The monoisotopic (exact) mass is 495 g/mol. The molecule has 3 aromatic carbocycles. The number of rotatable bonds is 6. The standard InChI is InChI=1S/C26H20F3N3O4/c1-16(23(33)30-19-11-7-10-18(14-19)26(27,28)29)36-25(35)22-20-12-5-6-13-21(20)24(34)32(31-22)15-17-8-3-2-4-9-17/h2-14,16H,15H2,1H3,(H,30,33). The molecule has 1 atom stereocenters. The first-order valence-electron chi connectivity index (χ1n) is 10.9. The highest BCUT2D eigenvalue weighted by molar-refractivity contribution is 6.03. The van der Waals surface area contributed by atoms with E-state index in [0.717, 1.165) is 28.4 Å². The van der Waals surface area contributed by atoms with Crippen molar-refractivity contribution in [2.24, 2.45) is 0 Å². The number of fused-ring (bicyclic) bond motifs is 1. The number of carbonyl (C=O) groups excluding carboxylic acids is 2. The van der Waals surface area contributed by atoms with Crippen LogP contribution in [0.2, 0.25) is 0 Å². The molecule has 184 valence electrons. The molecule has 0 saturated carbocycles. The normalized spacial score (nSPS) is 12.2. The van der Waals surface area contributed by atoms with E-state index in [2.05, 4.69) is 10.4 Å². The molecule has 4 aromatic rings. The van der Waals surface area contributed by atoms with E-state index in [1.54, 1.807) is 36.4 Å². The summed E-state index contributed by atoms with van der Waals surface area (Å²) in [7, 11) is 0. The van der Waals surface area contributed by atoms with Gasteiger partial charge in [0.2, 0.25) is 0 Å². The highest BCUT2D eigenvalue weighted by atomic mass is 19.4. The lowest BCUT2D eigenvalue weighted by atomic mass is 10.1. The fourth-order valence-corrected chi connectivity index (χ4v) is 3.54. The molecule has 10 heteroatoms. The van der Waals surface area contributed by atoms with Crippen molar-refractivity contribution in [3.63, 3.8) is 0 Å². The van der Waals surface area contributed by atoms with E-state index in [9.17, 15) is 27.6 Å². The van der Waals surface area contributed by atoms with Gasteiger partial charge in [0, 0.05) is 11.1 Å². The summed E-state index contributed by atoms with van der Waals surface area (Å²) >= 11 is 0. The molecule has 0 aliphatic rings. The molecule has 1 N–H and O–H groups in total. The Labute approximate surface area is 203 Å². The predicted molar refractivity (Wildman–Crippen MR) is 126 cm³/mol. The van der Waals surface area contributed by atoms with E-state index in [-0.39, 0.29) is 28.7 Å². The Morgan fingerprint density at radius 3 is 2.33 bits per heavy atom. The van der Waals surface area contributed by atoms with Crippen LogP contribution in [0.5, 0.6) is 0 Å². The van der Waals surface area contributed by atoms with Gasteiger partial charge < -0.3 is 10.1 Å². The van der Waals surface area contributed by atoms with Gasteiger partial charge in [-0.3, -0.25) is 9.59 Å². The van der Waals surface area contributed by atoms with E-state index in [1.165, 1.54) is 13.0 Å². The Balaban J connectivity index is 1.57. The summed E-state index contributed by atoms with van der Waals surface area (Å²) in [4.78, 5) is 38.5. The number of carbonyl (C=O) groups is 2. The first-order valence-corrected chi connectivity index (χ1v) is 10.9. The van der Waals surface area contributed by atoms with Crippen molar-refractivity contribution < 1.29 is 27.5 Å². The minimum atomic E-state index is -4.58. The van der Waals surface area contributed by atoms with Crippen molar-refractivity contribution in [3.8, 4) is 0 Å². The number of benzene rings is 3. The number of nitrogens with one attached hydrogen (secondary N) is 1. The second-order valence-electron chi connectivity index (χ2n) is 7.96. The van der Waals surface area contributed by atoms with E-state index >= 15 is 0 Å². The van der Waals surface area contributed by atoms with Gasteiger partial charge in [-0.15, -0.1) is 0 Å². The molecule has 0 spiro atoms. The number of alkyl halides is 3. The van der Waals surface area contributed by atoms with Gasteiger partial charge >= 0.3 is 12.1 Å². The van der Waals surface area contributed by atoms with Crippen LogP contribution in [-0.2, 0) is 22.3 Å². The summed E-state index contributed by atoms with van der Waals surface area (Å²) in [6, 6.07) is 19.5. The van der Waals surface area contributed by atoms with Crippen LogP contribution in [0.3, 0.4) is 0 Å². The van der Waals surface area contributed by atoms with Crippen LogP contribution in [-0.4, -0.2) is 27.8 Å². The maximum atomic E-state index is 13.0. The summed E-state index contributed by atoms with van der Waals surface area (Å²) in [6.07, 6.45) is -5.93. The average Bonchev–Trinajstić information content (AvgIpc) is 2.86. The second kappa shape index (κ2) is 10.0. The third kappa shape index (κ3) is 5.43.